The third-order valence-corrected chi connectivity index (χ3v) is 6.17. The van der Waals surface area contributed by atoms with E-state index in [0.29, 0.717) is 35.6 Å². The van der Waals surface area contributed by atoms with Gasteiger partial charge in [-0.05, 0) is 43.4 Å². The topological polar surface area (TPSA) is 83.2 Å². The number of amidine groups is 1. The van der Waals surface area contributed by atoms with Gasteiger partial charge in [-0.1, -0.05) is 13.2 Å². The molecule has 3 aliphatic rings. The van der Waals surface area contributed by atoms with E-state index in [1.807, 2.05) is 48.1 Å². The van der Waals surface area contributed by atoms with Crippen LogP contribution in [0.3, 0.4) is 0 Å². The van der Waals surface area contributed by atoms with Crippen molar-refractivity contribution >= 4 is 23.1 Å². The molecule has 1 saturated heterocycles. The maximum atomic E-state index is 14.7. The summed E-state index contributed by atoms with van der Waals surface area (Å²) in [6.07, 6.45) is 9.66. The molecule has 0 bridgehead atoms. The van der Waals surface area contributed by atoms with Crippen molar-refractivity contribution < 1.29 is 13.9 Å². The van der Waals surface area contributed by atoms with Crippen molar-refractivity contribution in [2.24, 2.45) is 23.0 Å². The van der Waals surface area contributed by atoms with Crippen LogP contribution in [0.25, 0.3) is 0 Å². The zero-order valence-electron chi connectivity index (χ0n) is 19.8. The van der Waals surface area contributed by atoms with Crippen molar-refractivity contribution in [3.63, 3.8) is 0 Å². The molecule has 3 heterocycles. The normalized spacial score (nSPS) is 23.1. The number of ether oxygens (including phenoxy) is 1. The summed E-state index contributed by atoms with van der Waals surface area (Å²) in [7, 11) is 3.51. The van der Waals surface area contributed by atoms with E-state index in [9.17, 15) is 9.18 Å². The van der Waals surface area contributed by atoms with Crippen LogP contribution in [0, 0.1) is 5.92 Å². The average Bonchev–Trinajstić information content (AvgIpc) is 3.36. The van der Waals surface area contributed by atoms with E-state index >= 15 is 0 Å². The van der Waals surface area contributed by atoms with Crippen LogP contribution >= 0.6 is 0 Å². The zero-order chi connectivity index (χ0) is 24.4. The first-order valence-corrected chi connectivity index (χ1v) is 11.4. The van der Waals surface area contributed by atoms with Crippen molar-refractivity contribution in [3.05, 3.63) is 60.9 Å². The molecule has 1 amide bonds. The van der Waals surface area contributed by atoms with Gasteiger partial charge in [-0.2, -0.15) is 0 Å². The first-order chi connectivity index (χ1) is 16.3. The highest BCUT2D eigenvalue weighted by Gasteiger charge is 2.36. The molecule has 2 fully saturated rings. The van der Waals surface area contributed by atoms with Crippen molar-refractivity contribution in [1.29, 1.82) is 0 Å². The number of aromatic nitrogens is 1. The summed E-state index contributed by atoms with van der Waals surface area (Å²) < 4.78 is 22.1. The van der Waals surface area contributed by atoms with Crippen LogP contribution in [0.1, 0.15) is 19.8 Å². The number of nitrogens with one attached hydrogen (secondary N) is 2. The van der Waals surface area contributed by atoms with E-state index in [-0.39, 0.29) is 6.54 Å². The Labute approximate surface area is 199 Å². The molecule has 4 rings (SSSR count). The number of alkyl halides is 1. The Balaban J connectivity index is 1.62. The van der Waals surface area contributed by atoms with E-state index in [4.69, 9.17) is 9.73 Å². The summed E-state index contributed by atoms with van der Waals surface area (Å²) in [5, 5.41) is 6.01. The molecule has 2 N–H and O–H groups in total. The smallest absolute Gasteiger partial charge is 0.243 e. The molecule has 0 spiro atoms. The molecule has 1 aliphatic carbocycles. The standard InChI is InChI=1S/C25H31FN6O2/c1-6-22(32-11-18(26)19(13-32)28-23(33)7-2)30-25(29-20-12-31(4)14-21(20)34-5)24-15(3)17(10-27-24)16-8-9-16/h6-7,10,12,14,16,18-19H,2-3,8-9,11,13H2,1,4-5H3,(H,28,33)(H,29,30)/b22-6+. The number of carbonyl (C=O) groups excluding carboxylic acids is 1. The molecule has 2 aliphatic heterocycles. The maximum absolute atomic E-state index is 14.7. The summed E-state index contributed by atoms with van der Waals surface area (Å²) in [6.45, 7) is 9.98. The number of aryl methyl sites for hydroxylation is 1. The molecule has 180 valence electrons. The van der Waals surface area contributed by atoms with E-state index in [0.717, 1.165) is 35.8 Å². The highest BCUT2D eigenvalue weighted by Crippen LogP contribution is 2.42. The monoisotopic (exact) mass is 466 g/mol. The van der Waals surface area contributed by atoms with Gasteiger partial charge in [-0.15, -0.1) is 0 Å². The van der Waals surface area contributed by atoms with Crippen LogP contribution in [0.4, 0.5) is 10.1 Å². The Morgan fingerprint density at radius 1 is 1.35 bits per heavy atom. The fourth-order valence-corrected chi connectivity index (χ4v) is 4.22. The minimum Gasteiger partial charge on any atom is -0.493 e. The molecular weight excluding hydrogens is 435 g/mol. The molecule has 9 heteroatoms. The van der Waals surface area contributed by atoms with Gasteiger partial charge in [0, 0.05) is 37.8 Å². The van der Waals surface area contributed by atoms with Gasteiger partial charge in [0.1, 0.15) is 23.4 Å². The van der Waals surface area contributed by atoms with Gasteiger partial charge in [-0.3, -0.25) is 9.79 Å². The van der Waals surface area contributed by atoms with E-state index < -0.39 is 18.1 Å². The lowest BCUT2D eigenvalue weighted by molar-refractivity contribution is -0.117. The Morgan fingerprint density at radius 3 is 2.76 bits per heavy atom. The van der Waals surface area contributed by atoms with Gasteiger partial charge in [0.25, 0.3) is 0 Å². The number of nitrogens with zero attached hydrogens (tertiary/aromatic N) is 4. The summed E-state index contributed by atoms with van der Waals surface area (Å²) in [5.41, 5.74) is 3.37. The van der Waals surface area contributed by atoms with Gasteiger partial charge in [0.2, 0.25) is 5.91 Å². The molecule has 2 unspecified atom stereocenters. The third-order valence-electron chi connectivity index (χ3n) is 6.17. The molecule has 2 atom stereocenters. The Morgan fingerprint density at radius 2 is 2.12 bits per heavy atom. The largest absolute Gasteiger partial charge is 0.493 e. The molecule has 34 heavy (non-hydrogen) atoms. The van der Waals surface area contributed by atoms with Crippen LogP contribution in [0.15, 0.2) is 70.9 Å². The fraction of sp³-hybridized carbons (Fsp3) is 0.400. The van der Waals surface area contributed by atoms with Crippen LogP contribution in [-0.2, 0) is 11.8 Å². The SMILES string of the molecule is C=CC(=O)NC1CN(/C(=C/C)N=C(Nc2cn(C)cc2OC)C2=NC=C(C3CC3)C2=C)CC1F. The first kappa shape index (κ1) is 23.5. The second-order valence-electron chi connectivity index (χ2n) is 8.69. The number of likely N-dealkylation sites (tertiary alicyclic amines) is 1. The Kier molecular flexibility index (Phi) is 6.72. The lowest BCUT2D eigenvalue weighted by Gasteiger charge is -2.20. The Bertz CT molecular complexity index is 1120. The highest BCUT2D eigenvalue weighted by molar-refractivity contribution is 6.52. The number of methoxy groups -OCH3 is 1. The first-order valence-electron chi connectivity index (χ1n) is 11.4. The number of aliphatic imine (C=N–C) groups is 2. The number of amides is 1. The number of carbonyl (C=O) groups is 1. The average molecular weight is 467 g/mol. The fourth-order valence-electron chi connectivity index (χ4n) is 4.22. The maximum Gasteiger partial charge on any atom is 0.243 e. The predicted octanol–water partition coefficient (Wildman–Crippen LogP) is 3.33. The van der Waals surface area contributed by atoms with Crippen LogP contribution in [-0.4, -0.2) is 59.3 Å². The second-order valence-corrected chi connectivity index (χ2v) is 8.69. The number of anilines is 1. The molecular formula is C25H31FN6O2. The number of halogens is 1. The summed E-state index contributed by atoms with van der Waals surface area (Å²) >= 11 is 0. The lowest BCUT2D eigenvalue weighted by Crippen LogP contribution is -2.40. The molecule has 1 aromatic heterocycles. The highest BCUT2D eigenvalue weighted by atomic mass is 19.1. The number of allylic oxidation sites excluding steroid dienone is 2. The molecule has 0 aromatic carbocycles. The minimum atomic E-state index is -1.22. The summed E-state index contributed by atoms with van der Waals surface area (Å²) in [4.78, 5) is 23.0. The minimum absolute atomic E-state index is 0.117. The van der Waals surface area contributed by atoms with Gasteiger partial charge in [0.05, 0.1) is 19.7 Å². The third kappa shape index (κ3) is 4.83. The number of hydrogen-bond donors (Lipinski definition) is 2. The zero-order valence-corrected chi connectivity index (χ0v) is 19.8. The predicted molar refractivity (Wildman–Crippen MR) is 133 cm³/mol. The van der Waals surface area contributed by atoms with Crippen molar-refractivity contribution in [1.82, 2.24) is 14.8 Å². The van der Waals surface area contributed by atoms with E-state index in [2.05, 4.69) is 28.8 Å². The summed E-state index contributed by atoms with van der Waals surface area (Å²) in [6, 6.07) is -0.636. The van der Waals surface area contributed by atoms with Gasteiger partial charge in [0.15, 0.2) is 11.6 Å². The lowest BCUT2D eigenvalue weighted by atomic mass is 10.0. The van der Waals surface area contributed by atoms with Gasteiger partial charge in [-0.25, -0.2) is 9.38 Å². The molecule has 8 nitrogen and oxygen atoms in total. The Hall–Kier alpha value is -3.62. The van der Waals surface area contributed by atoms with Gasteiger partial charge < -0.3 is 24.8 Å². The molecule has 1 aromatic rings. The number of rotatable bonds is 8. The molecule has 0 radical (unpaired) electrons. The van der Waals surface area contributed by atoms with Crippen LogP contribution < -0.4 is 15.4 Å². The quantitative estimate of drug-likeness (QED) is 0.350. The summed E-state index contributed by atoms with van der Waals surface area (Å²) in [5.74, 6) is 1.85. The van der Waals surface area contributed by atoms with Crippen molar-refractivity contribution in [2.75, 3.05) is 25.5 Å². The second kappa shape index (κ2) is 9.70. The van der Waals surface area contributed by atoms with Crippen molar-refractivity contribution in [2.45, 2.75) is 32.0 Å². The van der Waals surface area contributed by atoms with Crippen molar-refractivity contribution in [3.8, 4) is 5.75 Å². The van der Waals surface area contributed by atoms with Crippen LogP contribution in [0.2, 0.25) is 0 Å². The molecule has 1 saturated carbocycles. The van der Waals surface area contributed by atoms with E-state index in [1.165, 1.54) is 0 Å². The van der Waals surface area contributed by atoms with Crippen LogP contribution in [0.5, 0.6) is 5.75 Å². The van der Waals surface area contributed by atoms with Gasteiger partial charge >= 0.3 is 0 Å². The van der Waals surface area contributed by atoms with E-state index in [1.54, 1.807) is 7.11 Å². The number of hydrogen-bond acceptors (Lipinski definition) is 5.